The van der Waals surface area contributed by atoms with Gasteiger partial charge in [-0.1, -0.05) is 23.2 Å². The standard InChI is InChI=1S/C11H7Cl2F3N2S/c12-8-3-6(11(14,15)16)1-2-9(8)17-4-7-5-18-10(13)19-7/h1-3,5,17H,4H2. The van der Waals surface area contributed by atoms with Crippen LogP contribution in [0.2, 0.25) is 9.49 Å². The Balaban J connectivity index is 2.09. The lowest BCUT2D eigenvalue weighted by molar-refractivity contribution is -0.137. The molecule has 2 aromatic rings. The van der Waals surface area contributed by atoms with Gasteiger partial charge in [0.2, 0.25) is 0 Å². The molecule has 102 valence electrons. The van der Waals surface area contributed by atoms with Crippen LogP contribution >= 0.6 is 34.5 Å². The van der Waals surface area contributed by atoms with Crippen LogP contribution < -0.4 is 5.32 Å². The van der Waals surface area contributed by atoms with E-state index in [4.69, 9.17) is 23.2 Å². The molecule has 1 N–H and O–H groups in total. The molecule has 0 aliphatic heterocycles. The molecule has 0 saturated heterocycles. The van der Waals surface area contributed by atoms with Crippen molar-refractivity contribution >= 4 is 40.2 Å². The Hall–Kier alpha value is -0.980. The van der Waals surface area contributed by atoms with E-state index in [9.17, 15) is 13.2 Å². The average Bonchev–Trinajstić information content (AvgIpc) is 2.72. The first kappa shape index (κ1) is 14.4. The van der Waals surface area contributed by atoms with Crippen molar-refractivity contribution in [2.24, 2.45) is 0 Å². The quantitative estimate of drug-likeness (QED) is 0.850. The van der Waals surface area contributed by atoms with Crippen LogP contribution in [0.15, 0.2) is 24.4 Å². The zero-order valence-corrected chi connectivity index (χ0v) is 11.6. The van der Waals surface area contributed by atoms with Crippen molar-refractivity contribution in [1.82, 2.24) is 4.98 Å². The van der Waals surface area contributed by atoms with Crippen molar-refractivity contribution in [3.63, 3.8) is 0 Å². The first-order chi connectivity index (χ1) is 8.86. The van der Waals surface area contributed by atoms with E-state index in [-0.39, 0.29) is 5.02 Å². The SMILES string of the molecule is FC(F)(F)c1ccc(NCc2cnc(Cl)s2)c(Cl)c1. The van der Waals surface area contributed by atoms with Crippen molar-refractivity contribution in [3.8, 4) is 0 Å². The molecule has 8 heteroatoms. The number of hydrogen-bond donors (Lipinski definition) is 1. The molecular formula is C11H7Cl2F3N2S. The summed E-state index contributed by atoms with van der Waals surface area (Å²) in [6.45, 7) is 0.398. The molecule has 0 spiro atoms. The lowest BCUT2D eigenvalue weighted by atomic mass is 10.2. The summed E-state index contributed by atoms with van der Waals surface area (Å²) in [6, 6.07) is 3.17. The van der Waals surface area contributed by atoms with E-state index < -0.39 is 11.7 Å². The van der Waals surface area contributed by atoms with Crippen molar-refractivity contribution in [2.45, 2.75) is 12.7 Å². The third-order valence-electron chi connectivity index (χ3n) is 2.27. The highest BCUT2D eigenvalue weighted by molar-refractivity contribution is 7.15. The number of hydrogen-bond acceptors (Lipinski definition) is 3. The van der Waals surface area contributed by atoms with Crippen molar-refractivity contribution in [1.29, 1.82) is 0 Å². The van der Waals surface area contributed by atoms with E-state index in [1.807, 2.05) is 0 Å². The Morgan fingerprint density at radius 3 is 2.53 bits per heavy atom. The molecule has 0 radical (unpaired) electrons. The average molecular weight is 327 g/mol. The van der Waals surface area contributed by atoms with Gasteiger partial charge in [-0.25, -0.2) is 4.98 Å². The molecule has 0 bridgehead atoms. The first-order valence-electron chi connectivity index (χ1n) is 5.07. The zero-order chi connectivity index (χ0) is 14.0. The smallest absolute Gasteiger partial charge is 0.379 e. The van der Waals surface area contributed by atoms with E-state index >= 15 is 0 Å². The summed E-state index contributed by atoms with van der Waals surface area (Å²) in [4.78, 5) is 4.72. The molecule has 0 fully saturated rings. The Labute approximate surface area is 121 Å². The Morgan fingerprint density at radius 1 is 1.26 bits per heavy atom. The van der Waals surface area contributed by atoms with Crippen LogP contribution in [0.3, 0.4) is 0 Å². The minimum Gasteiger partial charge on any atom is -0.379 e. The van der Waals surface area contributed by atoms with Crippen molar-refractivity contribution in [2.75, 3.05) is 5.32 Å². The van der Waals surface area contributed by atoms with Crippen LogP contribution in [0, 0.1) is 0 Å². The lowest BCUT2D eigenvalue weighted by Crippen LogP contribution is -2.05. The molecule has 1 heterocycles. The van der Waals surface area contributed by atoms with E-state index in [0.29, 0.717) is 16.7 Å². The molecule has 2 rings (SSSR count). The fraction of sp³-hybridized carbons (Fsp3) is 0.182. The zero-order valence-electron chi connectivity index (χ0n) is 9.26. The monoisotopic (exact) mass is 326 g/mol. The Kier molecular flexibility index (Phi) is 4.23. The number of halogens is 5. The summed E-state index contributed by atoms with van der Waals surface area (Å²) in [6.07, 6.45) is -2.80. The summed E-state index contributed by atoms with van der Waals surface area (Å²) in [5.74, 6) is 0. The number of aromatic nitrogens is 1. The third-order valence-corrected chi connectivity index (χ3v) is 3.70. The van der Waals surface area contributed by atoms with Crippen molar-refractivity contribution < 1.29 is 13.2 Å². The van der Waals surface area contributed by atoms with Crippen molar-refractivity contribution in [3.05, 3.63) is 44.3 Å². The molecule has 2 nitrogen and oxygen atoms in total. The molecule has 0 aliphatic rings. The van der Waals surface area contributed by atoms with Gasteiger partial charge in [0.25, 0.3) is 0 Å². The van der Waals surface area contributed by atoms with Gasteiger partial charge in [0, 0.05) is 11.1 Å². The second kappa shape index (κ2) is 5.56. The van der Waals surface area contributed by atoms with Gasteiger partial charge in [0.05, 0.1) is 22.8 Å². The number of anilines is 1. The Morgan fingerprint density at radius 2 is 2.00 bits per heavy atom. The maximum absolute atomic E-state index is 12.5. The van der Waals surface area contributed by atoms with Gasteiger partial charge in [-0.2, -0.15) is 13.2 Å². The third kappa shape index (κ3) is 3.75. The Bertz CT molecular complexity index is 584. The maximum Gasteiger partial charge on any atom is 0.416 e. The number of nitrogens with zero attached hydrogens (tertiary/aromatic N) is 1. The van der Waals surface area contributed by atoms with Crippen LogP contribution in [0.4, 0.5) is 18.9 Å². The van der Waals surface area contributed by atoms with Crippen LogP contribution in [-0.4, -0.2) is 4.98 Å². The van der Waals surface area contributed by atoms with E-state index in [1.165, 1.54) is 17.4 Å². The van der Waals surface area contributed by atoms with Crippen LogP contribution in [-0.2, 0) is 12.7 Å². The summed E-state index contributed by atoms with van der Waals surface area (Å²) >= 11 is 12.8. The molecule has 0 saturated carbocycles. The number of thiazole rings is 1. The molecule has 1 aromatic heterocycles. The van der Waals surface area contributed by atoms with Gasteiger partial charge >= 0.3 is 6.18 Å². The molecule has 0 atom stereocenters. The fourth-order valence-corrected chi connectivity index (χ4v) is 2.55. The van der Waals surface area contributed by atoms with Gasteiger partial charge < -0.3 is 5.32 Å². The highest BCUT2D eigenvalue weighted by atomic mass is 35.5. The van der Waals surface area contributed by atoms with E-state index in [0.717, 1.165) is 17.0 Å². The van der Waals surface area contributed by atoms with Gasteiger partial charge in [0.15, 0.2) is 4.47 Å². The number of benzene rings is 1. The maximum atomic E-state index is 12.5. The van der Waals surface area contributed by atoms with E-state index in [1.54, 1.807) is 6.20 Å². The fourth-order valence-electron chi connectivity index (χ4n) is 1.38. The molecule has 1 aromatic carbocycles. The molecule has 0 aliphatic carbocycles. The minimum absolute atomic E-state index is 0.0189. The summed E-state index contributed by atoms with van der Waals surface area (Å²) < 4.78 is 37.8. The summed E-state index contributed by atoms with van der Waals surface area (Å²) in [5.41, 5.74) is -0.344. The normalized spacial score (nSPS) is 11.6. The van der Waals surface area contributed by atoms with E-state index in [2.05, 4.69) is 10.3 Å². The minimum atomic E-state index is -4.40. The second-order valence-electron chi connectivity index (χ2n) is 3.63. The second-order valence-corrected chi connectivity index (χ2v) is 5.73. The lowest BCUT2D eigenvalue weighted by Gasteiger charge is -2.11. The number of alkyl halides is 3. The van der Waals surface area contributed by atoms with Crippen LogP contribution in [0.5, 0.6) is 0 Å². The van der Waals surface area contributed by atoms with Gasteiger partial charge in [-0.15, -0.1) is 11.3 Å². The van der Waals surface area contributed by atoms with Gasteiger partial charge in [-0.3, -0.25) is 0 Å². The highest BCUT2D eigenvalue weighted by Gasteiger charge is 2.30. The molecule has 0 amide bonds. The first-order valence-corrected chi connectivity index (χ1v) is 6.64. The molecular weight excluding hydrogens is 320 g/mol. The predicted octanol–water partition coefficient (Wildman–Crippen LogP) is 5.08. The summed E-state index contributed by atoms with van der Waals surface area (Å²) in [7, 11) is 0. The largest absolute Gasteiger partial charge is 0.416 e. The van der Waals surface area contributed by atoms with Crippen LogP contribution in [0.1, 0.15) is 10.4 Å². The summed E-state index contributed by atoms with van der Waals surface area (Å²) in [5, 5.41) is 2.95. The molecule has 19 heavy (non-hydrogen) atoms. The molecule has 0 unspecified atom stereocenters. The van der Waals surface area contributed by atoms with Gasteiger partial charge in [0.1, 0.15) is 0 Å². The number of rotatable bonds is 3. The predicted molar refractivity (Wildman–Crippen MR) is 70.9 cm³/mol. The topological polar surface area (TPSA) is 24.9 Å². The number of nitrogens with one attached hydrogen (secondary N) is 1. The van der Waals surface area contributed by atoms with Gasteiger partial charge in [-0.05, 0) is 18.2 Å². The van der Waals surface area contributed by atoms with Crippen LogP contribution in [0.25, 0.3) is 0 Å². The highest BCUT2D eigenvalue weighted by Crippen LogP contribution is 2.34.